The molecule has 2 aliphatic heterocycles. The highest BCUT2D eigenvalue weighted by molar-refractivity contribution is 6.30. The third-order valence-electron chi connectivity index (χ3n) is 7.81. The van der Waals surface area contributed by atoms with Crippen LogP contribution in [0, 0.1) is 11.8 Å². The lowest BCUT2D eigenvalue weighted by atomic mass is 9.88. The van der Waals surface area contributed by atoms with Crippen LogP contribution in [0.1, 0.15) is 28.0 Å². The van der Waals surface area contributed by atoms with Crippen LogP contribution < -0.4 is 0 Å². The number of aromatic nitrogens is 2. The van der Waals surface area contributed by atoms with Crippen molar-refractivity contribution in [2.75, 3.05) is 26.2 Å². The molecule has 2 aliphatic rings. The molecule has 6 nitrogen and oxygen atoms in total. The van der Waals surface area contributed by atoms with E-state index in [9.17, 15) is 9.59 Å². The monoisotopic (exact) mass is 512 g/mol. The van der Waals surface area contributed by atoms with Crippen LogP contribution in [-0.2, 0) is 17.8 Å². The fourth-order valence-corrected chi connectivity index (χ4v) is 5.97. The topological polar surface area (TPSA) is 58.4 Å². The number of carbonyl (C=O) groups is 2. The van der Waals surface area contributed by atoms with Gasteiger partial charge in [0, 0.05) is 72.9 Å². The van der Waals surface area contributed by atoms with E-state index in [0.29, 0.717) is 43.4 Å². The highest BCUT2D eigenvalue weighted by Crippen LogP contribution is 2.33. The molecule has 37 heavy (non-hydrogen) atoms. The van der Waals surface area contributed by atoms with E-state index >= 15 is 0 Å². The Labute approximate surface area is 221 Å². The summed E-state index contributed by atoms with van der Waals surface area (Å²) in [6.07, 6.45) is 5.12. The van der Waals surface area contributed by atoms with Crippen LogP contribution in [0.2, 0.25) is 5.02 Å². The van der Waals surface area contributed by atoms with Crippen molar-refractivity contribution < 1.29 is 9.59 Å². The maximum Gasteiger partial charge on any atom is 0.270 e. The summed E-state index contributed by atoms with van der Waals surface area (Å²) in [5.74, 6) is 0.465. The number of hydrogen-bond donors (Lipinski definition) is 0. The Morgan fingerprint density at radius 3 is 2.57 bits per heavy atom. The van der Waals surface area contributed by atoms with E-state index in [-0.39, 0.29) is 23.7 Å². The van der Waals surface area contributed by atoms with Crippen molar-refractivity contribution in [3.05, 3.63) is 101 Å². The van der Waals surface area contributed by atoms with Crippen LogP contribution in [-0.4, -0.2) is 57.3 Å². The predicted molar refractivity (Wildman–Crippen MR) is 145 cm³/mol. The quantitative estimate of drug-likeness (QED) is 0.369. The fourth-order valence-electron chi connectivity index (χ4n) is 5.84. The van der Waals surface area contributed by atoms with Crippen molar-refractivity contribution in [2.45, 2.75) is 19.4 Å². The zero-order chi connectivity index (χ0) is 25.4. The number of amides is 2. The second-order valence-electron chi connectivity index (χ2n) is 10.1. The first kappa shape index (κ1) is 23.7. The summed E-state index contributed by atoms with van der Waals surface area (Å²) in [7, 11) is 0. The van der Waals surface area contributed by atoms with Gasteiger partial charge in [-0.15, -0.1) is 0 Å². The van der Waals surface area contributed by atoms with Gasteiger partial charge in [-0.2, -0.15) is 0 Å². The molecule has 4 aromatic rings. The molecule has 0 N–H and O–H groups in total. The van der Waals surface area contributed by atoms with E-state index in [1.807, 2.05) is 70.5 Å². The zero-order valence-electron chi connectivity index (χ0n) is 20.6. The third kappa shape index (κ3) is 4.74. The van der Waals surface area contributed by atoms with Gasteiger partial charge in [0.2, 0.25) is 5.91 Å². The Morgan fingerprint density at radius 2 is 1.76 bits per heavy atom. The molecule has 7 heteroatoms. The maximum absolute atomic E-state index is 13.9. The van der Waals surface area contributed by atoms with E-state index in [4.69, 9.17) is 11.6 Å². The Morgan fingerprint density at radius 1 is 0.973 bits per heavy atom. The minimum absolute atomic E-state index is 0.0152. The fraction of sp³-hybridized carbons (Fsp3) is 0.300. The molecule has 2 saturated heterocycles. The Balaban J connectivity index is 1.20. The standard InChI is InChI=1S/C30H29ClN4O2/c31-25-7-5-22(6-8-25)18-35-27-4-2-1-3-23(27)17-28(35)30(37)34-16-12-26-24(20-34)19-33(29(26)36)15-11-21-9-13-32-14-10-21/h1-10,13-14,17,24,26H,11-12,15-16,18-20H2/t24-,26+/m0/s1. The van der Waals surface area contributed by atoms with Crippen molar-refractivity contribution in [3.8, 4) is 0 Å². The molecule has 0 radical (unpaired) electrons. The molecule has 6 rings (SSSR count). The molecule has 4 heterocycles. The first-order valence-corrected chi connectivity index (χ1v) is 13.2. The Kier molecular flexibility index (Phi) is 6.43. The molecule has 2 aromatic heterocycles. The van der Waals surface area contributed by atoms with Crippen molar-refractivity contribution >= 4 is 34.3 Å². The van der Waals surface area contributed by atoms with Crippen LogP contribution in [0.15, 0.2) is 79.1 Å². The van der Waals surface area contributed by atoms with E-state index in [1.165, 1.54) is 5.56 Å². The predicted octanol–water partition coefficient (Wildman–Crippen LogP) is 4.90. The lowest BCUT2D eigenvalue weighted by Gasteiger charge is -2.33. The number of halogens is 1. The van der Waals surface area contributed by atoms with Gasteiger partial charge in [-0.05, 0) is 60.4 Å². The smallest absolute Gasteiger partial charge is 0.270 e. The number of para-hydroxylation sites is 1. The lowest BCUT2D eigenvalue weighted by Crippen LogP contribution is -2.44. The first-order valence-electron chi connectivity index (χ1n) is 12.9. The number of carbonyl (C=O) groups excluding carboxylic acids is 2. The molecule has 0 aliphatic carbocycles. The van der Waals surface area contributed by atoms with Gasteiger partial charge in [0.1, 0.15) is 5.69 Å². The van der Waals surface area contributed by atoms with Crippen molar-refractivity contribution in [2.24, 2.45) is 11.8 Å². The van der Waals surface area contributed by atoms with Crippen molar-refractivity contribution in [1.82, 2.24) is 19.4 Å². The van der Waals surface area contributed by atoms with Gasteiger partial charge in [0.05, 0.1) is 0 Å². The second kappa shape index (κ2) is 10.0. The molecule has 0 spiro atoms. The van der Waals surface area contributed by atoms with Crippen molar-refractivity contribution in [1.29, 1.82) is 0 Å². The SMILES string of the molecule is O=C(c1cc2ccccc2n1Cc1ccc(Cl)cc1)N1CC[C@H]2C(=O)N(CCc3ccncc3)C[C@H]2C1. The largest absolute Gasteiger partial charge is 0.342 e. The van der Waals surface area contributed by atoms with E-state index in [2.05, 4.69) is 15.6 Å². The summed E-state index contributed by atoms with van der Waals surface area (Å²) in [5.41, 5.74) is 4.00. The first-order chi connectivity index (χ1) is 18.1. The van der Waals surface area contributed by atoms with E-state index in [1.54, 1.807) is 12.4 Å². The van der Waals surface area contributed by atoms with Crippen LogP contribution in [0.4, 0.5) is 0 Å². The van der Waals surface area contributed by atoms with E-state index in [0.717, 1.165) is 29.3 Å². The highest BCUT2D eigenvalue weighted by Gasteiger charge is 2.44. The number of piperidine rings is 1. The van der Waals surface area contributed by atoms with E-state index < -0.39 is 0 Å². The molecule has 0 bridgehead atoms. The Bertz CT molecular complexity index is 1430. The number of benzene rings is 2. The number of hydrogen-bond acceptors (Lipinski definition) is 3. The summed E-state index contributed by atoms with van der Waals surface area (Å²) >= 11 is 6.09. The molecule has 0 saturated carbocycles. The normalized spacial score (nSPS) is 19.4. The molecule has 188 valence electrons. The summed E-state index contributed by atoms with van der Waals surface area (Å²) in [6.45, 7) is 3.23. The summed E-state index contributed by atoms with van der Waals surface area (Å²) in [4.78, 5) is 35.0. The molecule has 2 atom stereocenters. The summed E-state index contributed by atoms with van der Waals surface area (Å²) in [5, 5.41) is 1.74. The highest BCUT2D eigenvalue weighted by atomic mass is 35.5. The minimum Gasteiger partial charge on any atom is -0.342 e. The molecular formula is C30H29ClN4O2. The third-order valence-corrected chi connectivity index (χ3v) is 8.06. The van der Waals surface area contributed by atoms with Gasteiger partial charge in [-0.25, -0.2) is 0 Å². The summed E-state index contributed by atoms with van der Waals surface area (Å²) < 4.78 is 2.10. The van der Waals surface area contributed by atoms with Gasteiger partial charge in [0.15, 0.2) is 0 Å². The van der Waals surface area contributed by atoms with Crippen LogP contribution in [0.25, 0.3) is 10.9 Å². The Hall–Kier alpha value is -3.64. The van der Waals surface area contributed by atoms with Gasteiger partial charge < -0.3 is 14.4 Å². The molecule has 0 unspecified atom stereocenters. The molecule has 2 aromatic carbocycles. The van der Waals surface area contributed by atoms with Gasteiger partial charge in [-0.3, -0.25) is 14.6 Å². The van der Waals surface area contributed by atoms with Crippen LogP contribution in [0.5, 0.6) is 0 Å². The number of likely N-dealkylation sites (tertiary alicyclic amines) is 2. The number of pyridine rings is 1. The average molecular weight is 513 g/mol. The number of fused-ring (bicyclic) bond motifs is 2. The zero-order valence-corrected chi connectivity index (χ0v) is 21.3. The molecule has 2 fully saturated rings. The van der Waals surface area contributed by atoms with Crippen LogP contribution in [0.3, 0.4) is 0 Å². The summed E-state index contributed by atoms with van der Waals surface area (Å²) in [6, 6.07) is 21.9. The van der Waals surface area contributed by atoms with Gasteiger partial charge in [-0.1, -0.05) is 41.9 Å². The minimum atomic E-state index is 0.0152. The number of nitrogens with zero attached hydrogens (tertiary/aromatic N) is 4. The lowest BCUT2D eigenvalue weighted by molar-refractivity contribution is -0.131. The number of rotatable bonds is 6. The molecule has 2 amide bonds. The second-order valence-corrected chi connectivity index (χ2v) is 10.5. The van der Waals surface area contributed by atoms with Crippen LogP contribution >= 0.6 is 11.6 Å². The van der Waals surface area contributed by atoms with Gasteiger partial charge >= 0.3 is 0 Å². The average Bonchev–Trinajstić information content (AvgIpc) is 3.45. The molecular weight excluding hydrogens is 484 g/mol. The van der Waals surface area contributed by atoms with Gasteiger partial charge in [0.25, 0.3) is 5.91 Å². The van der Waals surface area contributed by atoms with Crippen molar-refractivity contribution in [3.63, 3.8) is 0 Å². The maximum atomic E-state index is 13.9.